The van der Waals surface area contributed by atoms with E-state index in [-0.39, 0.29) is 17.7 Å². The first-order chi connectivity index (χ1) is 14.2. The maximum atomic E-state index is 13.3. The highest BCUT2D eigenvalue weighted by Crippen LogP contribution is 2.43. The molecule has 3 saturated heterocycles. The quantitative estimate of drug-likeness (QED) is 0.847. The summed E-state index contributed by atoms with van der Waals surface area (Å²) in [6, 6.07) is 8.15. The minimum atomic E-state index is -0.576. The molecule has 0 spiro atoms. The van der Waals surface area contributed by atoms with Crippen molar-refractivity contribution in [3.05, 3.63) is 36.0 Å². The number of carbonyl (C=O) groups excluding carboxylic acids is 2. The molecule has 29 heavy (non-hydrogen) atoms. The molecule has 3 aliphatic heterocycles. The Morgan fingerprint density at radius 1 is 1.14 bits per heavy atom. The van der Waals surface area contributed by atoms with Gasteiger partial charge in [0.2, 0.25) is 11.8 Å². The molecule has 5 rings (SSSR count). The molecule has 2 aromatic rings. The van der Waals surface area contributed by atoms with Gasteiger partial charge in [0.05, 0.1) is 31.8 Å². The van der Waals surface area contributed by atoms with E-state index in [1.54, 1.807) is 0 Å². The number of para-hydroxylation sites is 1. The Kier molecular flexibility index (Phi) is 4.80. The van der Waals surface area contributed by atoms with Gasteiger partial charge in [-0.1, -0.05) is 18.2 Å². The minimum absolute atomic E-state index is 0.0925. The molecule has 0 bridgehead atoms. The predicted octanol–water partition coefficient (Wildman–Crippen LogP) is 1.43. The number of hydrogen-bond acceptors (Lipinski definition) is 4. The van der Waals surface area contributed by atoms with Crippen LogP contribution in [0, 0.1) is 11.3 Å². The van der Waals surface area contributed by atoms with Crippen LogP contribution in [0.15, 0.2) is 30.5 Å². The summed E-state index contributed by atoms with van der Waals surface area (Å²) in [5.74, 6) is 0.351. The number of morpholine rings is 1. The zero-order chi connectivity index (χ0) is 19.8. The molecular formula is C22H27N3O4. The average Bonchev–Trinajstić information content (AvgIpc) is 3.45. The summed E-state index contributed by atoms with van der Waals surface area (Å²) >= 11 is 0. The second kappa shape index (κ2) is 7.46. The van der Waals surface area contributed by atoms with Crippen LogP contribution in [-0.4, -0.2) is 79.2 Å². The molecule has 1 aromatic heterocycles. The van der Waals surface area contributed by atoms with Gasteiger partial charge in [0, 0.05) is 55.6 Å². The molecule has 3 fully saturated rings. The maximum absolute atomic E-state index is 13.3. The minimum Gasteiger partial charge on any atom is -0.380 e. The number of benzene rings is 1. The molecule has 1 aromatic carbocycles. The smallest absolute Gasteiger partial charge is 0.233 e. The average molecular weight is 397 g/mol. The van der Waals surface area contributed by atoms with Gasteiger partial charge < -0.3 is 24.3 Å². The van der Waals surface area contributed by atoms with Crippen molar-refractivity contribution >= 4 is 22.7 Å². The van der Waals surface area contributed by atoms with Crippen molar-refractivity contribution in [3.63, 3.8) is 0 Å². The first-order valence-corrected chi connectivity index (χ1v) is 10.4. The number of nitrogens with one attached hydrogen (secondary N) is 1. The zero-order valence-corrected chi connectivity index (χ0v) is 16.6. The maximum Gasteiger partial charge on any atom is 0.233 e. The van der Waals surface area contributed by atoms with Crippen molar-refractivity contribution < 1.29 is 19.1 Å². The molecule has 7 nitrogen and oxygen atoms in total. The fourth-order valence-corrected chi connectivity index (χ4v) is 5.05. The Bertz CT molecular complexity index is 920. The molecule has 0 unspecified atom stereocenters. The standard InChI is InChI=1S/C22H27N3O4/c26-20(6-5-16-11-23-19-4-2-1-3-18(16)19)25-12-17-13-29-15-22(17,14-25)21(27)24-7-9-28-10-8-24/h1-4,11,17,23H,5-10,12-15H2/t17-,22-/m0/s1. The van der Waals surface area contributed by atoms with Crippen LogP contribution < -0.4 is 0 Å². The lowest BCUT2D eigenvalue weighted by Gasteiger charge is -2.35. The highest BCUT2D eigenvalue weighted by atomic mass is 16.5. The second-order valence-corrected chi connectivity index (χ2v) is 8.41. The SMILES string of the molecule is O=C(CCc1c[nH]c2ccccc12)N1C[C@H]2COC[C@@]2(C(=O)N2CCOCC2)C1. The molecule has 4 heterocycles. The third-order valence-corrected chi connectivity index (χ3v) is 6.73. The molecular weight excluding hydrogens is 370 g/mol. The number of nitrogens with zero attached hydrogens (tertiary/aromatic N) is 2. The number of ether oxygens (including phenoxy) is 2. The summed E-state index contributed by atoms with van der Waals surface area (Å²) in [5, 5.41) is 1.17. The van der Waals surface area contributed by atoms with E-state index in [0.717, 1.165) is 11.1 Å². The largest absolute Gasteiger partial charge is 0.380 e. The number of amides is 2. The topological polar surface area (TPSA) is 74.9 Å². The van der Waals surface area contributed by atoms with Gasteiger partial charge in [0.1, 0.15) is 0 Å². The van der Waals surface area contributed by atoms with Crippen molar-refractivity contribution in [2.45, 2.75) is 12.8 Å². The van der Waals surface area contributed by atoms with Crippen molar-refractivity contribution in [3.8, 4) is 0 Å². The lowest BCUT2D eigenvalue weighted by atomic mass is 9.79. The van der Waals surface area contributed by atoms with Gasteiger partial charge in [0.25, 0.3) is 0 Å². The number of aryl methyl sites for hydroxylation is 1. The van der Waals surface area contributed by atoms with Gasteiger partial charge in [-0.25, -0.2) is 0 Å². The van der Waals surface area contributed by atoms with Gasteiger partial charge in [-0.2, -0.15) is 0 Å². The number of H-pyrrole nitrogens is 1. The zero-order valence-electron chi connectivity index (χ0n) is 16.6. The van der Waals surface area contributed by atoms with Crippen LogP contribution in [0.3, 0.4) is 0 Å². The summed E-state index contributed by atoms with van der Waals surface area (Å²) in [5.41, 5.74) is 1.68. The van der Waals surface area contributed by atoms with Crippen LogP contribution in [-0.2, 0) is 25.5 Å². The molecule has 0 aliphatic carbocycles. The third-order valence-electron chi connectivity index (χ3n) is 6.73. The van der Waals surface area contributed by atoms with Gasteiger partial charge in [0.15, 0.2) is 0 Å². The summed E-state index contributed by atoms with van der Waals surface area (Å²) < 4.78 is 11.1. The monoisotopic (exact) mass is 397 g/mol. The van der Waals surface area contributed by atoms with Crippen LogP contribution in [0.25, 0.3) is 10.9 Å². The van der Waals surface area contributed by atoms with Crippen molar-refractivity contribution in [2.24, 2.45) is 11.3 Å². The number of carbonyl (C=O) groups is 2. The van der Waals surface area contributed by atoms with Gasteiger partial charge in [-0.15, -0.1) is 0 Å². The third kappa shape index (κ3) is 3.22. The van der Waals surface area contributed by atoms with Crippen LogP contribution in [0.1, 0.15) is 12.0 Å². The number of aromatic amines is 1. The van der Waals surface area contributed by atoms with E-state index >= 15 is 0 Å². The second-order valence-electron chi connectivity index (χ2n) is 8.41. The number of rotatable bonds is 4. The van der Waals surface area contributed by atoms with Crippen LogP contribution in [0.4, 0.5) is 0 Å². The Labute approximate surface area is 169 Å². The molecule has 7 heteroatoms. The first-order valence-electron chi connectivity index (χ1n) is 10.4. The lowest BCUT2D eigenvalue weighted by Crippen LogP contribution is -2.52. The lowest BCUT2D eigenvalue weighted by molar-refractivity contribution is -0.147. The Hall–Kier alpha value is -2.38. The Morgan fingerprint density at radius 2 is 1.97 bits per heavy atom. The number of likely N-dealkylation sites (tertiary alicyclic amines) is 1. The van der Waals surface area contributed by atoms with E-state index in [2.05, 4.69) is 11.1 Å². The van der Waals surface area contributed by atoms with Gasteiger partial charge in [-0.05, 0) is 18.1 Å². The molecule has 0 saturated carbocycles. The molecule has 2 amide bonds. The van der Waals surface area contributed by atoms with E-state index in [9.17, 15) is 9.59 Å². The van der Waals surface area contributed by atoms with Crippen molar-refractivity contribution in [2.75, 3.05) is 52.6 Å². The van der Waals surface area contributed by atoms with E-state index < -0.39 is 5.41 Å². The van der Waals surface area contributed by atoms with E-state index in [0.29, 0.717) is 65.4 Å². The summed E-state index contributed by atoms with van der Waals surface area (Å²) in [6.45, 7) is 4.48. The molecule has 1 N–H and O–H groups in total. The molecule has 2 atom stereocenters. The molecule has 0 radical (unpaired) electrons. The number of fused-ring (bicyclic) bond motifs is 2. The Morgan fingerprint density at radius 3 is 2.83 bits per heavy atom. The molecule has 3 aliphatic rings. The summed E-state index contributed by atoms with van der Waals surface area (Å²) in [4.78, 5) is 33.3. The van der Waals surface area contributed by atoms with Crippen LogP contribution in [0.2, 0.25) is 0 Å². The first kappa shape index (κ1) is 18.6. The van der Waals surface area contributed by atoms with Crippen LogP contribution in [0.5, 0.6) is 0 Å². The van der Waals surface area contributed by atoms with Crippen molar-refractivity contribution in [1.82, 2.24) is 14.8 Å². The highest BCUT2D eigenvalue weighted by Gasteiger charge is 2.57. The summed E-state index contributed by atoms with van der Waals surface area (Å²) in [6.07, 6.45) is 3.15. The Balaban J connectivity index is 1.26. The van der Waals surface area contributed by atoms with E-state index in [1.165, 1.54) is 5.39 Å². The highest BCUT2D eigenvalue weighted by molar-refractivity contribution is 5.87. The summed E-state index contributed by atoms with van der Waals surface area (Å²) in [7, 11) is 0. The van der Waals surface area contributed by atoms with Gasteiger partial charge in [-0.3, -0.25) is 9.59 Å². The van der Waals surface area contributed by atoms with E-state index in [4.69, 9.17) is 9.47 Å². The van der Waals surface area contributed by atoms with E-state index in [1.807, 2.05) is 34.2 Å². The predicted molar refractivity (Wildman–Crippen MR) is 107 cm³/mol. The number of aromatic nitrogens is 1. The fraction of sp³-hybridized carbons (Fsp3) is 0.545. The molecule has 154 valence electrons. The number of hydrogen-bond donors (Lipinski definition) is 1. The van der Waals surface area contributed by atoms with Crippen LogP contribution >= 0.6 is 0 Å². The van der Waals surface area contributed by atoms with Crippen molar-refractivity contribution in [1.29, 1.82) is 0 Å². The normalized spacial score (nSPS) is 26.8. The van der Waals surface area contributed by atoms with Gasteiger partial charge >= 0.3 is 0 Å². The fourth-order valence-electron chi connectivity index (χ4n) is 5.05.